The maximum atomic E-state index is 12.4. The first-order valence-electron chi connectivity index (χ1n) is 8.13. The van der Waals surface area contributed by atoms with Gasteiger partial charge in [0.1, 0.15) is 0 Å². The first kappa shape index (κ1) is 19.0. The molecule has 1 fully saturated rings. The van der Waals surface area contributed by atoms with Crippen molar-refractivity contribution < 1.29 is 18.0 Å². The van der Waals surface area contributed by atoms with Crippen LogP contribution in [0.4, 0.5) is 13.2 Å². The standard InChI is InChI=1S/C18H17F3N2OS2/c19-18(20,21)26-15-6-3-13(4-7-15)5-8-16(24)23-10-1-2-14(12-23)17-22-9-11-25-17/h3-9,11,14H,1-2,10,12H2/b8-5+. The van der Waals surface area contributed by atoms with Crippen molar-refractivity contribution in [3.8, 4) is 0 Å². The van der Waals surface area contributed by atoms with Crippen LogP contribution in [0.3, 0.4) is 0 Å². The molecule has 3 rings (SSSR count). The normalized spacial score (nSPS) is 18.4. The Bertz CT molecular complexity index is 758. The lowest BCUT2D eigenvalue weighted by atomic mass is 9.98. The van der Waals surface area contributed by atoms with Crippen molar-refractivity contribution in [2.24, 2.45) is 0 Å². The summed E-state index contributed by atoms with van der Waals surface area (Å²) >= 11 is 1.46. The molecular weight excluding hydrogens is 381 g/mol. The largest absolute Gasteiger partial charge is 0.446 e. The number of carbonyl (C=O) groups is 1. The molecule has 1 aromatic carbocycles. The number of thiazole rings is 1. The number of halogens is 3. The quantitative estimate of drug-likeness (QED) is 0.526. The predicted octanol–water partition coefficient (Wildman–Crippen LogP) is 5.17. The molecule has 1 aliphatic rings. The fourth-order valence-corrected chi connectivity index (χ4v) is 4.18. The molecular formula is C18H17F3N2OS2. The van der Waals surface area contributed by atoms with Crippen LogP contribution in [-0.2, 0) is 4.79 Å². The van der Waals surface area contributed by atoms with Gasteiger partial charge in [0.05, 0.1) is 5.01 Å². The first-order valence-corrected chi connectivity index (χ1v) is 9.82. The van der Waals surface area contributed by atoms with Crippen LogP contribution in [0, 0.1) is 0 Å². The van der Waals surface area contributed by atoms with Crippen molar-refractivity contribution in [1.82, 2.24) is 9.88 Å². The smallest absolute Gasteiger partial charge is 0.338 e. The summed E-state index contributed by atoms with van der Waals surface area (Å²) in [5, 5.41) is 3.00. The van der Waals surface area contributed by atoms with Crippen LogP contribution in [-0.4, -0.2) is 34.4 Å². The summed E-state index contributed by atoms with van der Waals surface area (Å²) in [6.45, 7) is 1.37. The van der Waals surface area contributed by atoms with Crippen molar-refractivity contribution in [2.45, 2.75) is 29.2 Å². The van der Waals surface area contributed by atoms with Gasteiger partial charge in [-0.25, -0.2) is 4.98 Å². The molecule has 0 bridgehead atoms. The molecule has 0 aliphatic carbocycles. The molecule has 1 amide bonds. The van der Waals surface area contributed by atoms with Gasteiger partial charge < -0.3 is 4.90 Å². The number of alkyl halides is 3. The average molecular weight is 398 g/mol. The Labute approximate surface area is 157 Å². The number of benzene rings is 1. The van der Waals surface area contributed by atoms with Gasteiger partial charge in [0.2, 0.25) is 5.91 Å². The molecule has 1 atom stereocenters. The third kappa shape index (κ3) is 5.35. The van der Waals surface area contributed by atoms with Gasteiger partial charge in [-0.05, 0) is 48.4 Å². The first-order chi connectivity index (χ1) is 12.4. The lowest BCUT2D eigenvalue weighted by Gasteiger charge is -2.31. The summed E-state index contributed by atoms with van der Waals surface area (Å²) < 4.78 is 37.0. The van der Waals surface area contributed by atoms with Gasteiger partial charge in [-0.1, -0.05) is 12.1 Å². The van der Waals surface area contributed by atoms with Crippen LogP contribution in [0.2, 0.25) is 0 Å². The van der Waals surface area contributed by atoms with Crippen LogP contribution in [0.25, 0.3) is 6.08 Å². The molecule has 1 aliphatic heterocycles. The lowest BCUT2D eigenvalue weighted by molar-refractivity contribution is -0.127. The molecule has 0 N–H and O–H groups in total. The van der Waals surface area contributed by atoms with Gasteiger partial charge in [-0.3, -0.25) is 4.79 Å². The van der Waals surface area contributed by atoms with Gasteiger partial charge in [-0.2, -0.15) is 13.2 Å². The number of carbonyl (C=O) groups excluding carboxylic acids is 1. The SMILES string of the molecule is O=C(/C=C/c1ccc(SC(F)(F)F)cc1)N1CCCC(c2nccs2)C1. The zero-order chi connectivity index (χ0) is 18.6. The number of piperidine rings is 1. The average Bonchev–Trinajstić information content (AvgIpc) is 3.14. The number of aromatic nitrogens is 1. The van der Waals surface area contributed by atoms with Crippen molar-refractivity contribution in [1.29, 1.82) is 0 Å². The minimum atomic E-state index is -4.30. The fourth-order valence-electron chi connectivity index (χ4n) is 2.87. The van der Waals surface area contributed by atoms with E-state index in [1.54, 1.807) is 40.6 Å². The van der Waals surface area contributed by atoms with E-state index in [0.29, 0.717) is 18.7 Å². The second-order valence-electron chi connectivity index (χ2n) is 5.94. The van der Waals surface area contributed by atoms with E-state index in [1.807, 2.05) is 5.38 Å². The molecule has 1 saturated heterocycles. The van der Waals surface area contributed by atoms with Crippen LogP contribution in [0.15, 0.2) is 46.8 Å². The minimum Gasteiger partial charge on any atom is -0.338 e. The summed E-state index contributed by atoms with van der Waals surface area (Å²) in [5.74, 6) is 0.194. The van der Waals surface area contributed by atoms with Crippen LogP contribution < -0.4 is 0 Å². The summed E-state index contributed by atoms with van der Waals surface area (Å²) in [4.78, 5) is 18.7. The van der Waals surface area contributed by atoms with Crippen molar-refractivity contribution in [3.05, 3.63) is 52.5 Å². The fraction of sp³-hybridized carbons (Fsp3) is 0.333. The van der Waals surface area contributed by atoms with Gasteiger partial charge >= 0.3 is 5.51 Å². The van der Waals surface area contributed by atoms with Gasteiger partial charge in [0.25, 0.3) is 0 Å². The molecule has 0 radical (unpaired) electrons. The monoisotopic (exact) mass is 398 g/mol. The minimum absolute atomic E-state index is 0.0833. The van der Waals surface area contributed by atoms with Crippen molar-refractivity contribution >= 4 is 35.1 Å². The Morgan fingerprint density at radius 2 is 2.08 bits per heavy atom. The summed E-state index contributed by atoms with van der Waals surface area (Å²) in [7, 11) is 0. The van der Waals surface area contributed by atoms with E-state index >= 15 is 0 Å². The highest BCUT2D eigenvalue weighted by Gasteiger charge is 2.29. The van der Waals surface area contributed by atoms with Gasteiger partial charge in [0, 0.05) is 41.6 Å². The van der Waals surface area contributed by atoms with Gasteiger partial charge in [0.15, 0.2) is 0 Å². The summed E-state index contributed by atoms with van der Waals surface area (Å²) in [6, 6.07) is 5.96. The predicted molar refractivity (Wildman–Crippen MR) is 98.1 cm³/mol. The molecule has 0 spiro atoms. The van der Waals surface area contributed by atoms with Crippen molar-refractivity contribution in [2.75, 3.05) is 13.1 Å². The summed E-state index contributed by atoms with van der Waals surface area (Å²) in [5.41, 5.74) is -3.60. The molecule has 26 heavy (non-hydrogen) atoms. The highest BCUT2D eigenvalue weighted by molar-refractivity contribution is 8.00. The van der Waals surface area contributed by atoms with Crippen molar-refractivity contribution in [3.63, 3.8) is 0 Å². The number of thioether (sulfide) groups is 1. The molecule has 138 valence electrons. The van der Waals surface area contributed by atoms with E-state index in [2.05, 4.69) is 4.98 Å². The van der Waals surface area contributed by atoms with Crippen LogP contribution in [0.5, 0.6) is 0 Å². The number of nitrogens with zero attached hydrogens (tertiary/aromatic N) is 2. The maximum absolute atomic E-state index is 12.4. The number of rotatable bonds is 4. The highest BCUT2D eigenvalue weighted by atomic mass is 32.2. The highest BCUT2D eigenvalue weighted by Crippen LogP contribution is 2.36. The van der Waals surface area contributed by atoms with Gasteiger partial charge in [-0.15, -0.1) is 11.3 Å². The number of amides is 1. The molecule has 3 nitrogen and oxygen atoms in total. The zero-order valence-electron chi connectivity index (χ0n) is 13.8. The Balaban J connectivity index is 1.58. The second-order valence-corrected chi connectivity index (χ2v) is 8.01. The molecule has 1 unspecified atom stereocenters. The van der Waals surface area contributed by atoms with Crippen LogP contribution >= 0.6 is 23.1 Å². The van der Waals surface area contributed by atoms with E-state index in [-0.39, 0.29) is 28.5 Å². The molecule has 2 aromatic rings. The van der Waals surface area contributed by atoms with E-state index in [9.17, 15) is 18.0 Å². The number of likely N-dealkylation sites (tertiary alicyclic amines) is 1. The van der Waals surface area contributed by atoms with E-state index in [0.717, 1.165) is 17.8 Å². The molecule has 0 saturated carbocycles. The zero-order valence-corrected chi connectivity index (χ0v) is 15.4. The Hall–Kier alpha value is -1.80. The third-order valence-electron chi connectivity index (χ3n) is 4.07. The number of hydrogen-bond donors (Lipinski definition) is 0. The van der Waals surface area contributed by atoms with E-state index in [4.69, 9.17) is 0 Å². The Morgan fingerprint density at radius 3 is 2.73 bits per heavy atom. The Morgan fingerprint density at radius 1 is 1.31 bits per heavy atom. The number of hydrogen-bond acceptors (Lipinski definition) is 4. The summed E-state index contributed by atoms with van der Waals surface area (Å²) in [6.07, 6.45) is 6.86. The maximum Gasteiger partial charge on any atom is 0.446 e. The van der Waals surface area contributed by atoms with E-state index in [1.165, 1.54) is 18.2 Å². The molecule has 2 heterocycles. The molecule has 1 aromatic heterocycles. The lowest BCUT2D eigenvalue weighted by Crippen LogP contribution is -2.38. The second kappa shape index (κ2) is 8.26. The molecule has 8 heteroatoms. The topological polar surface area (TPSA) is 33.2 Å². The third-order valence-corrected chi connectivity index (χ3v) is 5.74. The van der Waals surface area contributed by atoms with E-state index < -0.39 is 5.51 Å². The Kier molecular flexibility index (Phi) is 6.03. The van der Waals surface area contributed by atoms with Crippen LogP contribution in [0.1, 0.15) is 29.3 Å².